The van der Waals surface area contributed by atoms with Crippen molar-refractivity contribution < 1.29 is 43.2 Å². The zero-order chi connectivity index (χ0) is 33.5. The van der Waals surface area contributed by atoms with E-state index in [4.69, 9.17) is 19.2 Å². The summed E-state index contributed by atoms with van der Waals surface area (Å²) in [5, 5.41) is 22.3. The Balaban J connectivity index is 1.51. The van der Waals surface area contributed by atoms with Gasteiger partial charge in [0.05, 0.1) is 49.1 Å². The van der Waals surface area contributed by atoms with Gasteiger partial charge in [-0.05, 0) is 45.4 Å². The van der Waals surface area contributed by atoms with Gasteiger partial charge < -0.3 is 39.2 Å². The second-order valence-corrected chi connectivity index (χ2v) is 12.7. The van der Waals surface area contributed by atoms with Crippen LogP contribution in [0.5, 0.6) is 0 Å². The summed E-state index contributed by atoms with van der Waals surface area (Å²) in [4.78, 5) is 47.8. The van der Waals surface area contributed by atoms with E-state index in [1.807, 2.05) is 4.57 Å². The molecule has 5 rings (SSSR count). The van der Waals surface area contributed by atoms with Crippen LogP contribution in [0, 0.1) is 12.7 Å². The number of halogens is 1. The minimum Gasteiger partial charge on any atom is -0.480 e. The van der Waals surface area contributed by atoms with Gasteiger partial charge in [0.25, 0.3) is 0 Å². The Bertz CT molecular complexity index is 1650. The number of ether oxygens (including phenoxy) is 3. The van der Waals surface area contributed by atoms with Crippen LogP contribution in [0.15, 0.2) is 18.2 Å². The monoisotopic (exact) mass is 642 g/mol. The third kappa shape index (κ3) is 6.84. The van der Waals surface area contributed by atoms with Gasteiger partial charge in [0.2, 0.25) is 0 Å². The summed E-state index contributed by atoms with van der Waals surface area (Å²) in [5.41, 5.74) is 2.90. The average Bonchev–Trinajstić information content (AvgIpc) is 3.68. The third-order valence-electron chi connectivity index (χ3n) is 8.06. The molecule has 1 saturated heterocycles. The number of fused-ring (bicyclic) bond motifs is 2. The van der Waals surface area contributed by atoms with Crippen LogP contribution >= 0.6 is 0 Å². The van der Waals surface area contributed by atoms with Gasteiger partial charge in [0, 0.05) is 50.4 Å². The number of aryl methyl sites for hydroxylation is 1. The molecule has 2 aliphatic heterocycles. The fourth-order valence-corrected chi connectivity index (χ4v) is 5.95. The van der Waals surface area contributed by atoms with Crippen LogP contribution in [-0.4, -0.2) is 104 Å². The van der Waals surface area contributed by atoms with Crippen LogP contribution in [0.25, 0.3) is 22.3 Å². The molecule has 2 aliphatic rings. The molecule has 2 aromatic heterocycles. The first-order valence-electron chi connectivity index (χ1n) is 14.9. The van der Waals surface area contributed by atoms with E-state index < -0.39 is 47.8 Å². The van der Waals surface area contributed by atoms with Crippen molar-refractivity contribution in [3.05, 3.63) is 41.0 Å². The number of aliphatic carboxylic acids is 1. The molecule has 0 radical (unpaired) electrons. The number of carbonyl (C=O) groups excluding carboxylic acids is 1. The van der Waals surface area contributed by atoms with Crippen molar-refractivity contribution in [1.82, 2.24) is 24.3 Å². The summed E-state index contributed by atoms with van der Waals surface area (Å²) in [7, 11) is 3.18. The number of rotatable bonds is 9. The zero-order valence-electron chi connectivity index (χ0n) is 26.7. The molecule has 0 aliphatic carbocycles. The molecule has 15 heteroatoms. The maximum absolute atomic E-state index is 15.1. The van der Waals surface area contributed by atoms with E-state index in [0.29, 0.717) is 40.5 Å². The maximum Gasteiger partial charge on any atom is 0.410 e. The number of hydrogen-bond donors (Lipinski definition) is 3. The van der Waals surface area contributed by atoms with Crippen LogP contribution in [-0.2, 0) is 38.8 Å². The number of hydrogen-bond acceptors (Lipinski definition) is 9. The normalized spacial score (nSPS) is 18.5. The van der Waals surface area contributed by atoms with Crippen molar-refractivity contribution in [1.29, 1.82) is 0 Å². The van der Waals surface area contributed by atoms with E-state index in [1.165, 1.54) is 17.0 Å². The zero-order valence-corrected chi connectivity index (χ0v) is 26.7. The van der Waals surface area contributed by atoms with E-state index >= 15 is 4.39 Å². The van der Waals surface area contributed by atoms with Gasteiger partial charge in [-0.3, -0.25) is 4.90 Å². The number of benzene rings is 1. The predicted octanol–water partition coefficient (Wildman–Crippen LogP) is 4.08. The maximum atomic E-state index is 15.1. The Morgan fingerprint density at radius 1 is 1.20 bits per heavy atom. The number of carbonyl (C=O) groups is 3. The highest BCUT2D eigenvalue weighted by Gasteiger charge is 2.40. The summed E-state index contributed by atoms with van der Waals surface area (Å²) in [6, 6.07) is 2.83. The molecule has 14 nitrogen and oxygen atoms in total. The van der Waals surface area contributed by atoms with E-state index in [0.717, 1.165) is 16.0 Å². The third-order valence-corrected chi connectivity index (χ3v) is 8.06. The Hall–Kier alpha value is -4.50. The lowest BCUT2D eigenvalue weighted by atomic mass is 10.0. The molecule has 0 bridgehead atoms. The number of carboxylic acids is 1. The number of nitrogens with one attached hydrogen (secondary N) is 1. The first-order valence-corrected chi connectivity index (χ1v) is 14.9. The van der Waals surface area contributed by atoms with Crippen LogP contribution < -0.4 is 5.32 Å². The number of pyridine rings is 1. The SMILES string of the molecule is CO[C@@H](CN(C)C(=O)OC(C)(C)C)Cn1c(C)nc2cc(F)cc(-c3nc(N[C@H]4C[C@@H](C(=O)O)N(C(=O)O)C4)cc4c3COC4)c21. The predicted molar refractivity (Wildman–Crippen MR) is 164 cm³/mol. The number of likely N-dealkylation sites (N-methyl/N-ethyl adjacent to an activating group) is 1. The van der Waals surface area contributed by atoms with Crippen molar-refractivity contribution in [3.63, 3.8) is 0 Å². The number of anilines is 1. The number of aromatic nitrogens is 3. The molecule has 0 unspecified atom stereocenters. The molecule has 1 fully saturated rings. The van der Waals surface area contributed by atoms with E-state index in [9.17, 15) is 24.6 Å². The van der Waals surface area contributed by atoms with Gasteiger partial charge in [-0.25, -0.2) is 28.7 Å². The Morgan fingerprint density at radius 2 is 1.93 bits per heavy atom. The number of amides is 2. The first-order chi connectivity index (χ1) is 21.6. The molecule has 3 N–H and O–H groups in total. The summed E-state index contributed by atoms with van der Waals surface area (Å²) in [5.74, 6) is -0.745. The highest BCUT2D eigenvalue weighted by Crippen LogP contribution is 2.37. The first kappa shape index (κ1) is 32.9. The molecule has 1 aromatic carbocycles. The fourth-order valence-electron chi connectivity index (χ4n) is 5.95. The Kier molecular flexibility index (Phi) is 9.09. The van der Waals surface area contributed by atoms with Crippen molar-refractivity contribution in [2.45, 2.75) is 77.7 Å². The van der Waals surface area contributed by atoms with Crippen LogP contribution in [0.4, 0.5) is 19.8 Å². The molecule has 3 aromatic rings. The van der Waals surface area contributed by atoms with Gasteiger partial charge in [-0.15, -0.1) is 0 Å². The van der Waals surface area contributed by atoms with Crippen molar-refractivity contribution in [3.8, 4) is 11.3 Å². The van der Waals surface area contributed by atoms with Crippen molar-refractivity contribution in [2.24, 2.45) is 0 Å². The summed E-state index contributed by atoms with van der Waals surface area (Å²) in [6.45, 7) is 8.18. The van der Waals surface area contributed by atoms with Crippen molar-refractivity contribution >= 4 is 35.0 Å². The Labute approximate surface area is 265 Å². The second kappa shape index (κ2) is 12.7. The summed E-state index contributed by atoms with van der Waals surface area (Å²) in [6.07, 6.45) is -2.22. The molecule has 46 heavy (non-hydrogen) atoms. The molecule has 4 heterocycles. The minimum absolute atomic E-state index is 0.0385. The van der Waals surface area contributed by atoms with Gasteiger partial charge in [0.1, 0.15) is 29.1 Å². The molecule has 2 amide bonds. The molecular formula is C31H39FN6O8. The molecule has 3 atom stereocenters. The average molecular weight is 643 g/mol. The van der Waals surface area contributed by atoms with Crippen LogP contribution in [0.1, 0.15) is 44.1 Å². The van der Waals surface area contributed by atoms with Crippen LogP contribution in [0.2, 0.25) is 0 Å². The van der Waals surface area contributed by atoms with E-state index in [2.05, 4.69) is 10.3 Å². The van der Waals surface area contributed by atoms with E-state index in [-0.39, 0.29) is 32.7 Å². The van der Waals surface area contributed by atoms with Gasteiger partial charge in [-0.2, -0.15) is 0 Å². The summed E-state index contributed by atoms with van der Waals surface area (Å²) < 4.78 is 34.0. The quantitative estimate of drug-likeness (QED) is 0.308. The largest absolute Gasteiger partial charge is 0.480 e. The fraction of sp³-hybridized carbons (Fsp3) is 0.516. The highest BCUT2D eigenvalue weighted by atomic mass is 19.1. The van der Waals surface area contributed by atoms with Gasteiger partial charge >= 0.3 is 18.2 Å². The lowest BCUT2D eigenvalue weighted by molar-refractivity contribution is -0.141. The number of nitrogens with zero attached hydrogens (tertiary/aromatic N) is 5. The lowest BCUT2D eigenvalue weighted by Crippen LogP contribution is -2.40. The molecule has 0 saturated carbocycles. The van der Waals surface area contributed by atoms with E-state index in [1.54, 1.807) is 47.9 Å². The van der Waals surface area contributed by atoms with Gasteiger partial charge in [0.15, 0.2) is 0 Å². The second-order valence-electron chi connectivity index (χ2n) is 12.7. The van der Waals surface area contributed by atoms with Gasteiger partial charge in [-0.1, -0.05) is 0 Å². The smallest absolute Gasteiger partial charge is 0.410 e. The molecular weight excluding hydrogens is 603 g/mol. The van der Waals surface area contributed by atoms with Crippen LogP contribution in [0.3, 0.4) is 0 Å². The number of imidazole rings is 1. The topological polar surface area (TPSA) is 169 Å². The number of methoxy groups -OCH3 is 1. The minimum atomic E-state index is -1.31. The van der Waals surface area contributed by atoms with Crippen molar-refractivity contribution in [2.75, 3.05) is 32.6 Å². The molecule has 248 valence electrons. The highest BCUT2D eigenvalue weighted by molar-refractivity contribution is 5.93. The standard InChI is InChI=1S/C31H39FN6O8/c1-16-33-23-9-18(32)8-21(27(23)37(16)13-20(44-6)12-36(5)30(43)46-31(2,3)4)26-22-15-45-14-17(22)7-25(35-26)34-19-10-24(28(39)40)38(11-19)29(41)42/h7-9,19-20,24H,10-15H2,1-6H3,(H,34,35)(H,39,40)(H,41,42)/t19-,20-,24-/m0/s1. The lowest BCUT2D eigenvalue weighted by Gasteiger charge is -2.27. The summed E-state index contributed by atoms with van der Waals surface area (Å²) >= 11 is 0. The Morgan fingerprint density at radius 3 is 2.57 bits per heavy atom. The molecule has 0 spiro atoms. The number of carboxylic acid groups (broad SMARTS) is 2. The number of likely N-dealkylation sites (tertiary alicyclic amines) is 1.